The minimum atomic E-state index is -0.562. The highest BCUT2D eigenvalue weighted by Gasteiger charge is 2.25. The summed E-state index contributed by atoms with van der Waals surface area (Å²) in [5, 5.41) is 10.4. The Labute approximate surface area is 173 Å². The molecular formula is C23H32N2O4. The lowest BCUT2D eigenvalue weighted by Gasteiger charge is -2.37. The van der Waals surface area contributed by atoms with Crippen LogP contribution in [0.5, 0.6) is 11.5 Å². The van der Waals surface area contributed by atoms with Gasteiger partial charge in [0.05, 0.1) is 38.7 Å². The first kappa shape index (κ1) is 21.4. The minimum absolute atomic E-state index is 0.0662. The summed E-state index contributed by atoms with van der Waals surface area (Å²) in [4.78, 5) is 4.44. The van der Waals surface area contributed by atoms with Crippen molar-refractivity contribution in [2.45, 2.75) is 25.7 Å². The zero-order valence-electron chi connectivity index (χ0n) is 17.6. The number of benzene rings is 2. The standard InChI is InChI=1S/C23H32N2O4/c1-4-25-15-20(29-23-12-8-6-10-21(23)25)14-24(2)13-19(26)17-28-16-18-9-5-7-11-22(18)27-3/h5-12,19-20,26H,4,13-17H2,1-3H3/t19-,20-/m0/s1. The van der Waals surface area contributed by atoms with E-state index in [9.17, 15) is 5.11 Å². The quantitative estimate of drug-likeness (QED) is 0.662. The van der Waals surface area contributed by atoms with Crippen LogP contribution in [-0.4, -0.2) is 69.2 Å². The maximum absolute atomic E-state index is 10.4. The number of ether oxygens (including phenoxy) is 3. The third-order valence-electron chi connectivity index (χ3n) is 5.10. The van der Waals surface area contributed by atoms with E-state index in [2.05, 4.69) is 22.8 Å². The van der Waals surface area contributed by atoms with Gasteiger partial charge in [0.25, 0.3) is 0 Å². The summed E-state index contributed by atoms with van der Waals surface area (Å²) < 4.78 is 17.2. The first-order valence-electron chi connectivity index (χ1n) is 10.2. The molecule has 0 bridgehead atoms. The van der Waals surface area contributed by atoms with Crippen molar-refractivity contribution in [3.8, 4) is 11.5 Å². The van der Waals surface area contributed by atoms with E-state index in [-0.39, 0.29) is 12.7 Å². The van der Waals surface area contributed by atoms with Crippen LogP contribution in [0, 0.1) is 0 Å². The van der Waals surface area contributed by atoms with Gasteiger partial charge in [-0.15, -0.1) is 0 Å². The van der Waals surface area contributed by atoms with Crippen LogP contribution in [0.15, 0.2) is 48.5 Å². The Bertz CT molecular complexity index is 770. The van der Waals surface area contributed by atoms with Crippen molar-refractivity contribution in [1.29, 1.82) is 0 Å². The lowest BCUT2D eigenvalue weighted by atomic mass is 10.1. The number of anilines is 1. The molecule has 2 aromatic rings. The number of rotatable bonds is 10. The summed E-state index contributed by atoms with van der Waals surface area (Å²) in [6.45, 7) is 5.91. The first-order valence-corrected chi connectivity index (χ1v) is 10.2. The van der Waals surface area contributed by atoms with Crippen LogP contribution in [0.25, 0.3) is 0 Å². The van der Waals surface area contributed by atoms with Gasteiger partial charge in [0.1, 0.15) is 17.6 Å². The molecule has 1 N–H and O–H groups in total. The molecular weight excluding hydrogens is 368 g/mol. The van der Waals surface area contributed by atoms with Gasteiger partial charge in [-0.3, -0.25) is 4.90 Å². The normalized spacial score (nSPS) is 17.0. The van der Waals surface area contributed by atoms with E-state index in [1.807, 2.05) is 49.5 Å². The Morgan fingerprint density at radius 2 is 1.97 bits per heavy atom. The number of likely N-dealkylation sites (N-methyl/N-ethyl adjacent to an activating group) is 2. The van der Waals surface area contributed by atoms with Gasteiger partial charge in [-0.05, 0) is 32.2 Å². The second-order valence-corrected chi connectivity index (χ2v) is 7.45. The fraction of sp³-hybridized carbons (Fsp3) is 0.478. The Kier molecular flexibility index (Phi) is 7.75. The highest BCUT2D eigenvalue weighted by molar-refractivity contribution is 5.60. The Hall–Kier alpha value is -2.28. The molecule has 29 heavy (non-hydrogen) atoms. The molecule has 6 nitrogen and oxygen atoms in total. The summed E-state index contributed by atoms with van der Waals surface area (Å²) >= 11 is 0. The second-order valence-electron chi connectivity index (χ2n) is 7.45. The van der Waals surface area contributed by atoms with Crippen LogP contribution in [0.3, 0.4) is 0 Å². The summed E-state index contributed by atoms with van der Waals surface area (Å²) in [7, 11) is 3.65. The Balaban J connectivity index is 1.44. The lowest BCUT2D eigenvalue weighted by Crippen LogP contribution is -2.47. The van der Waals surface area contributed by atoms with E-state index in [0.717, 1.165) is 42.4 Å². The number of hydrogen-bond donors (Lipinski definition) is 1. The summed E-state index contributed by atoms with van der Waals surface area (Å²) in [6, 6.07) is 15.9. The van der Waals surface area contributed by atoms with Gasteiger partial charge >= 0.3 is 0 Å². The van der Waals surface area contributed by atoms with E-state index in [1.54, 1.807) is 7.11 Å². The third-order valence-corrected chi connectivity index (χ3v) is 5.10. The fourth-order valence-electron chi connectivity index (χ4n) is 3.74. The van der Waals surface area contributed by atoms with Gasteiger partial charge in [-0.25, -0.2) is 0 Å². The predicted molar refractivity (Wildman–Crippen MR) is 115 cm³/mol. The zero-order chi connectivity index (χ0) is 20.6. The highest BCUT2D eigenvalue weighted by Crippen LogP contribution is 2.32. The zero-order valence-corrected chi connectivity index (χ0v) is 17.6. The van der Waals surface area contributed by atoms with Crippen LogP contribution >= 0.6 is 0 Å². The molecule has 0 amide bonds. The van der Waals surface area contributed by atoms with Crippen molar-refractivity contribution in [3.63, 3.8) is 0 Å². The van der Waals surface area contributed by atoms with Gasteiger partial charge in [0.2, 0.25) is 0 Å². The highest BCUT2D eigenvalue weighted by atomic mass is 16.5. The molecule has 1 heterocycles. The van der Waals surface area contributed by atoms with Crippen molar-refractivity contribution in [3.05, 3.63) is 54.1 Å². The number of fused-ring (bicyclic) bond motifs is 1. The van der Waals surface area contributed by atoms with E-state index in [1.165, 1.54) is 0 Å². The summed E-state index contributed by atoms with van der Waals surface area (Å²) in [6.07, 6.45) is -0.496. The first-order chi connectivity index (χ1) is 14.1. The molecule has 1 aliphatic rings. The SMILES string of the molecule is CCN1C[C@H](CN(C)C[C@H](O)COCc2ccccc2OC)Oc2ccccc21. The number of para-hydroxylation sites is 3. The average Bonchev–Trinajstić information content (AvgIpc) is 2.73. The van der Waals surface area contributed by atoms with E-state index < -0.39 is 6.10 Å². The molecule has 0 saturated heterocycles. The van der Waals surface area contributed by atoms with E-state index in [4.69, 9.17) is 14.2 Å². The average molecular weight is 401 g/mol. The lowest BCUT2D eigenvalue weighted by molar-refractivity contribution is 0.00821. The van der Waals surface area contributed by atoms with E-state index in [0.29, 0.717) is 13.2 Å². The fourth-order valence-corrected chi connectivity index (χ4v) is 3.74. The molecule has 2 atom stereocenters. The van der Waals surface area contributed by atoms with Crippen LogP contribution in [0.4, 0.5) is 5.69 Å². The van der Waals surface area contributed by atoms with Crippen LogP contribution < -0.4 is 14.4 Å². The number of hydrogen-bond acceptors (Lipinski definition) is 6. The smallest absolute Gasteiger partial charge is 0.143 e. The second kappa shape index (κ2) is 10.5. The van der Waals surface area contributed by atoms with Gasteiger partial charge < -0.3 is 24.2 Å². The van der Waals surface area contributed by atoms with Crippen LogP contribution in [0.2, 0.25) is 0 Å². The molecule has 0 aliphatic carbocycles. The van der Waals surface area contributed by atoms with Crippen molar-refractivity contribution >= 4 is 5.69 Å². The summed E-state index contributed by atoms with van der Waals surface area (Å²) in [5.74, 6) is 1.73. The number of aliphatic hydroxyl groups excluding tert-OH is 1. The minimum Gasteiger partial charge on any atom is -0.496 e. The largest absolute Gasteiger partial charge is 0.496 e. The van der Waals surface area contributed by atoms with Crippen molar-refractivity contribution in [2.24, 2.45) is 0 Å². The maximum Gasteiger partial charge on any atom is 0.143 e. The number of methoxy groups -OCH3 is 1. The molecule has 6 heteroatoms. The number of nitrogens with zero attached hydrogens (tertiary/aromatic N) is 2. The van der Waals surface area contributed by atoms with Crippen molar-refractivity contribution in [2.75, 3.05) is 51.8 Å². The molecule has 0 radical (unpaired) electrons. The Morgan fingerprint density at radius 1 is 1.21 bits per heavy atom. The molecule has 0 aromatic heterocycles. The molecule has 2 aromatic carbocycles. The molecule has 158 valence electrons. The van der Waals surface area contributed by atoms with Crippen molar-refractivity contribution in [1.82, 2.24) is 4.90 Å². The van der Waals surface area contributed by atoms with Crippen LogP contribution in [0.1, 0.15) is 12.5 Å². The molecule has 0 spiro atoms. The topological polar surface area (TPSA) is 54.4 Å². The van der Waals surface area contributed by atoms with Gasteiger partial charge in [0, 0.05) is 25.2 Å². The van der Waals surface area contributed by atoms with Gasteiger partial charge in [0.15, 0.2) is 0 Å². The maximum atomic E-state index is 10.4. The Morgan fingerprint density at radius 3 is 2.76 bits per heavy atom. The molecule has 0 saturated carbocycles. The molecule has 3 rings (SSSR count). The van der Waals surface area contributed by atoms with Gasteiger partial charge in [-0.1, -0.05) is 30.3 Å². The number of aliphatic hydroxyl groups is 1. The predicted octanol–water partition coefficient (Wildman–Crippen LogP) is 2.79. The molecule has 0 unspecified atom stereocenters. The van der Waals surface area contributed by atoms with Crippen molar-refractivity contribution < 1.29 is 19.3 Å². The monoisotopic (exact) mass is 400 g/mol. The summed E-state index contributed by atoms with van der Waals surface area (Å²) in [5.41, 5.74) is 2.13. The van der Waals surface area contributed by atoms with Gasteiger partial charge in [-0.2, -0.15) is 0 Å². The van der Waals surface area contributed by atoms with E-state index >= 15 is 0 Å². The van der Waals surface area contributed by atoms with Crippen LogP contribution in [-0.2, 0) is 11.3 Å². The molecule has 0 fully saturated rings. The molecule has 1 aliphatic heterocycles. The third kappa shape index (κ3) is 5.85.